The number of benzene rings is 1. The quantitative estimate of drug-likeness (QED) is 0.219. The van der Waals surface area contributed by atoms with E-state index in [0.717, 1.165) is 5.56 Å². The summed E-state index contributed by atoms with van der Waals surface area (Å²) in [4.78, 5) is 78.8. The summed E-state index contributed by atoms with van der Waals surface area (Å²) in [6.07, 6.45) is -0.663. The maximum atomic E-state index is 13.5. The third kappa shape index (κ3) is 8.80. The lowest BCUT2D eigenvalue weighted by Gasteiger charge is -2.28. The molecule has 1 amide bonds. The van der Waals surface area contributed by atoms with Crippen molar-refractivity contribution >= 4 is 35.8 Å². The van der Waals surface area contributed by atoms with E-state index in [0.29, 0.717) is 22.4 Å². The molecule has 3 rings (SSSR count). The van der Waals surface area contributed by atoms with Crippen molar-refractivity contribution in [3.8, 4) is 0 Å². The number of hydrogen-bond acceptors (Lipinski definition) is 11. The predicted octanol–water partition coefficient (Wildman–Crippen LogP) is 2.44. The van der Waals surface area contributed by atoms with Gasteiger partial charge in [-0.15, -0.1) is 0 Å². The summed E-state index contributed by atoms with van der Waals surface area (Å²) in [6.45, 7) is 1.67. The molecule has 1 aromatic carbocycles. The van der Waals surface area contributed by atoms with E-state index >= 15 is 0 Å². The summed E-state index contributed by atoms with van der Waals surface area (Å²) >= 11 is 0. The van der Waals surface area contributed by atoms with Crippen molar-refractivity contribution in [2.45, 2.75) is 64.0 Å². The van der Waals surface area contributed by atoms with Gasteiger partial charge in [0.25, 0.3) is 0 Å². The molecule has 1 aliphatic rings. The summed E-state index contributed by atoms with van der Waals surface area (Å²) < 4.78 is 24.9. The third-order valence-electron chi connectivity index (χ3n) is 7.66. The van der Waals surface area contributed by atoms with Gasteiger partial charge in [-0.2, -0.15) is 0 Å². The maximum absolute atomic E-state index is 13.5. The van der Waals surface area contributed by atoms with Crippen molar-refractivity contribution in [3.63, 3.8) is 0 Å². The Labute approximate surface area is 260 Å². The number of carbonyl (C=O) groups excluding carboxylic acids is 6. The molecular formula is C32H38N2O11. The number of amides is 1. The molecule has 0 aliphatic carbocycles. The van der Waals surface area contributed by atoms with Crippen LogP contribution in [-0.4, -0.2) is 74.7 Å². The molecule has 0 spiro atoms. The normalized spacial score (nSPS) is 15.7. The molecule has 0 saturated carbocycles. The largest absolute Gasteiger partial charge is 0.469 e. The van der Waals surface area contributed by atoms with Crippen molar-refractivity contribution < 1.29 is 52.5 Å². The van der Waals surface area contributed by atoms with Gasteiger partial charge in [0, 0.05) is 30.5 Å². The lowest BCUT2D eigenvalue weighted by molar-refractivity contribution is -0.141. The van der Waals surface area contributed by atoms with Crippen molar-refractivity contribution in [2.75, 3.05) is 28.4 Å². The van der Waals surface area contributed by atoms with Crippen LogP contribution in [-0.2, 0) is 73.5 Å². The molecule has 13 heteroatoms. The van der Waals surface area contributed by atoms with Gasteiger partial charge in [-0.3, -0.25) is 24.0 Å². The highest BCUT2D eigenvalue weighted by Crippen LogP contribution is 2.37. The molecular weight excluding hydrogens is 588 g/mol. The van der Waals surface area contributed by atoms with E-state index in [2.05, 4.69) is 10.3 Å². The Kier molecular flexibility index (Phi) is 12.0. The van der Waals surface area contributed by atoms with Crippen LogP contribution in [0.3, 0.4) is 0 Å². The fraction of sp³-hybridized carbons (Fsp3) is 0.438. The molecule has 1 aromatic heterocycles. The molecule has 0 fully saturated rings. The molecule has 0 saturated heterocycles. The van der Waals surface area contributed by atoms with Gasteiger partial charge in [0.2, 0.25) is 5.91 Å². The Balaban J connectivity index is 2.10. The van der Waals surface area contributed by atoms with Gasteiger partial charge in [-0.05, 0) is 42.0 Å². The predicted molar refractivity (Wildman–Crippen MR) is 158 cm³/mol. The number of aromatic amines is 1. The Hall–Kier alpha value is -4.94. The zero-order valence-corrected chi connectivity index (χ0v) is 26.0. The van der Waals surface area contributed by atoms with Crippen LogP contribution in [0.4, 0.5) is 0 Å². The van der Waals surface area contributed by atoms with Crippen molar-refractivity contribution in [2.24, 2.45) is 0 Å². The zero-order chi connectivity index (χ0) is 33.1. The van der Waals surface area contributed by atoms with E-state index in [1.165, 1.54) is 28.4 Å². The summed E-state index contributed by atoms with van der Waals surface area (Å²) in [6, 6.07) is 9.04. The standard InChI is InChI=1S/C32H38N2O11/c1-32(23(16-28(38)44-5)21(30(39)34-32)12-14-26(36)42-3)17-24-22(15-27(37)43-4)20(11-13-25(35)41-2)29(33-24)31(40)45-18-19-9-7-6-8-10-19/h6-10,33H,11-18H2,1-5H3,(H,34,39)/t32-/m0/s1. The zero-order valence-electron chi connectivity index (χ0n) is 26.0. The van der Waals surface area contributed by atoms with Gasteiger partial charge >= 0.3 is 29.8 Å². The minimum absolute atomic E-state index is 0.00366. The SMILES string of the molecule is COC(=O)CCC1=C(CC(=O)OC)[C@](C)(Cc2[nH]c(C(=O)OCc3ccccc3)c(CCC(=O)OC)c2CC(=O)OC)NC1=O. The Morgan fingerprint density at radius 2 is 1.33 bits per heavy atom. The number of H-pyrrole nitrogens is 1. The molecule has 2 heterocycles. The summed E-state index contributed by atoms with van der Waals surface area (Å²) in [5.74, 6) is -3.47. The maximum Gasteiger partial charge on any atom is 0.355 e. The van der Waals surface area contributed by atoms with Crippen molar-refractivity contribution in [3.05, 3.63) is 69.6 Å². The van der Waals surface area contributed by atoms with Crippen molar-refractivity contribution in [1.29, 1.82) is 0 Å². The van der Waals surface area contributed by atoms with Crippen LogP contribution in [0.25, 0.3) is 0 Å². The monoisotopic (exact) mass is 626 g/mol. The van der Waals surface area contributed by atoms with Gasteiger partial charge in [0.1, 0.15) is 12.3 Å². The van der Waals surface area contributed by atoms with Crippen molar-refractivity contribution in [1.82, 2.24) is 10.3 Å². The summed E-state index contributed by atoms with van der Waals surface area (Å²) in [5.41, 5.74) is 1.34. The lowest BCUT2D eigenvalue weighted by atomic mass is 9.83. The topological polar surface area (TPSA) is 176 Å². The second kappa shape index (κ2) is 15.7. The van der Waals surface area contributed by atoms with E-state index in [1.54, 1.807) is 19.1 Å². The number of aromatic nitrogens is 1. The van der Waals surface area contributed by atoms with Gasteiger partial charge in [-0.25, -0.2) is 4.79 Å². The first-order chi connectivity index (χ1) is 21.5. The van der Waals surface area contributed by atoms with E-state index in [4.69, 9.17) is 23.7 Å². The second-order valence-electron chi connectivity index (χ2n) is 10.6. The minimum Gasteiger partial charge on any atom is -0.469 e. The second-order valence-corrected chi connectivity index (χ2v) is 10.6. The molecule has 0 radical (unpaired) electrons. The van der Waals surface area contributed by atoms with Crippen LogP contribution in [0.5, 0.6) is 0 Å². The number of hydrogen-bond donors (Lipinski definition) is 2. The molecule has 45 heavy (non-hydrogen) atoms. The Bertz CT molecular complexity index is 1480. The number of esters is 5. The summed E-state index contributed by atoms with van der Waals surface area (Å²) in [5, 5.41) is 2.91. The Morgan fingerprint density at radius 1 is 0.756 bits per heavy atom. The first-order valence-corrected chi connectivity index (χ1v) is 14.2. The molecule has 1 aliphatic heterocycles. The highest BCUT2D eigenvalue weighted by molar-refractivity contribution is 6.00. The van der Waals surface area contributed by atoms with Crippen LogP contribution in [0.15, 0.2) is 41.5 Å². The van der Waals surface area contributed by atoms with Crippen LogP contribution in [0.1, 0.15) is 65.5 Å². The number of nitrogens with one attached hydrogen (secondary N) is 2. The van der Waals surface area contributed by atoms with E-state index in [9.17, 15) is 28.8 Å². The third-order valence-corrected chi connectivity index (χ3v) is 7.66. The average molecular weight is 627 g/mol. The van der Waals surface area contributed by atoms with Gasteiger partial charge in [0.05, 0.1) is 46.8 Å². The molecule has 2 aromatic rings. The van der Waals surface area contributed by atoms with Crippen LogP contribution in [0, 0.1) is 0 Å². The van der Waals surface area contributed by atoms with E-state index in [1.807, 2.05) is 18.2 Å². The fourth-order valence-electron chi connectivity index (χ4n) is 5.28. The number of ether oxygens (including phenoxy) is 5. The van der Waals surface area contributed by atoms with Crippen LogP contribution >= 0.6 is 0 Å². The number of rotatable bonds is 15. The Morgan fingerprint density at radius 3 is 1.93 bits per heavy atom. The number of carbonyl (C=O) groups is 6. The number of methoxy groups -OCH3 is 4. The van der Waals surface area contributed by atoms with E-state index in [-0.39, 0.29) is 62.8 Å². The van der Waals surface area contributed by atoms with Gasteiger partial charge < -0.3 is 34.0 Å². The molecule has 242 valence electrons. The molecule has 13 nitrogen and oxygen atoms in total. The average Bonchev–Trinajstić information content (AvgIpc) is 3.48. The summed E-state index contributed by atoms with van der Waals surface area (Å²) in [7, 11) is 4.92. The van der Waals surface area contributed by atoms with Crippen LogP contribution < -0.4 is 5.32 Å². The first-order valence-electron chi connectivity index (χ1n) is 14.2. The molecule has 1 atom stereocenters. The smallest absolute Gasteiger partial charge is 0.355 e. The lowest BCUT2D eigenvalue weighted by Crippen LogP contribution is -2.44. The highest BCUT2D eigenvalue weighted by atomic mass is 16.5. The fourth-order valence-corrected chi connectivity index (χ4v) is 5.28. The molecule has 0 bridgehead atoms. The van der Waals surface area contributed by atoms with Gasteiger partial charge in [0.15, 0.2) is 0 Å². The minimum atomic E-state index is -1.20. The van der Waals surface area contributed by atoms with Crippen LogP contribution in [0.2, 0.25) is 0 Å². The van der Waals surface area contributed by atoms with E-state index < -0.39 is 41.3 Å². The highest BCUT2D eigenvalue weighted by Gasteiger charge is 2.43. The first kappa shape index (κ1) is 34.5. The van der Waals surface area contributed by atoms with Gasteiger partial charge in [-0.1, -0.05) is 30.3 Å². The molecule has 2 N–H and O–H groups in total. The molecule has 0 unspecified atom stereocenters.